The van der Waals surface area contributed by atoms with Gasteiger partial charge < -0.3 is 11.1 Å². The molecule has 1 saturated heterocycles. The molecule has 0 aromatic heterocycles. The van der Waals surface area contributed by atoms with Crippen LogP contribution in [0.2, 0.25) is 0 Å². The summed E-state index contributed by atoms with van der Waals surface area (Å²) in [5, 5.41) is 2.94. The number of rotatable bonds is 4. The second kappa shape index (κ2) is 6.70. The number of carbonyl (C=O) groups excluding carboxylic acids is 1. The van der Waals surface area contributed by atoms with Crippen LogP contribution in [-0.2, 0) is 4.79 Å². The fourth-order valence-electron chi connectivity index (χ4n) is 2.94. The molecule has 0 aliphatic carbocycles. The number of benzene rings is 1. The van der Waals surface area contributed by atoms with Crippen molar-refractivity contribution >= 4 is 21.8 Å². The summed E-state index contributed by atoms with van der Waals surface area (Å²) in [4.78, 5) is 14.3. The van der Waals surface area contributed by atoms with E-state index in [1.165, 1.54) is 0 Å². The summed E-state index contributed by atoms with van der Waals surface area (Å²) in [7, 11) is 0. The first-order valence-electron chi connectivity index (χ1n) is 7.09. The number of nitrogens with one attached hydrogen (secondary N) is 1. The molecule has 3 unspecified atom stereocenters. The average Bonchev–Trinajstić information content (AvgIpc) is 2.41. The SMILES string of the molecule is CCC1C(=O)NCCN1C(c1ccc(Br)cc1)C(C)N. The third kappa shape index (κ3) is 3.22. The highest BCUT2D eigenvalue weighted by Crippen LogP contribution is 2.28. The van der Waals surface area contributed by atoms with E-state index < -0.39 is 0 Å². The van der Waals surface area contributed by atoms with Crippen LogP contribution in [-0.4, -0.2) is 36.0 Å². The summed E-state index contributed by atoms with van der Waals surface area (Å²) in [6.07, 6.45) is 0.797. The Morgan fingerprint density at radius 1 is 1.45 bits per heavy atom. The van der Waals surface area contributed by atoms with Crippen LogP contribution in [0.15, 0.2) is 28.7 Å². The zero-order valence-electron chi connectivity index (χ0n) is 12.0. The summed E-state index contributed by atoms with van der Waals surface area (Å²) < 4.78 is 1.05. The molecule has 1 aromatic carbocycles. The maximum Gasteiger partial charge on any atom is 0.237 e. The van der Waals surface area contributed by atoms with Gasteiger partial charge in [-0.05, 0) is 31.0 Å². The Balaban J connectivity index is 2.32. The van der Waals surface area contributed by atoms with Crippen LogP contribution in [0.4, 0.5) is 0 Å². The van der Waals surface area contributed by atoms with Gasteiger partial charge in [0, 0.05) is 23.6 Å². The predicted octanol–water partition coefficient (Wildman–Crippen LogP) is 2.05. The summed E-state index contributed by atoms with van der Waals surface area (Å²) in [5.41, 5.74) is 7.38. The number of halogens is 1. The van der Waals surface area contributed by atoms with E-state index >= 15 is 0 Å². The van der Waals surface area contributed by atoms with E-state index in [0.717, 1.165) is 23.0 Å². The van der Waals surface area contributed by atoms with Gasteiger partial charge in [-0.3, -0.25) is 9.69 Å². The first-order valence-corrected chi connectivity index (χ1v) is 7.88. The van der Waals surface area contributed by atoms with E-state index in [9.17, 15) is 4.79 Å². The lowest BCUT2D eigenvalue weighted by Gasteiger charge is -2.42. The predicted molar refractivity (Wildman–Crippen MR) is 84.3 cm³/mol. The van der Waals surface area contributed by atoms with Gasteiger partial charge in [-0.2, -0.15) is 0 Å². The number of amides is 1. The molecule has 3 N–H and O–H groups in total. The van der Waals surface area contributed by atoms with Gasteiger partial charge >= 0.3 is 0 Å². The highest BCUT2D eigenvalue weighted by molar-refractivity contribution is 9.10. The molecule has 1 aliphatic rings. The van der Waals surface area contributed by atoms with Crippen molar-refractivity contribution in [3.05, 3.63) is 34.3 Å². The minimum Gasteiger partial charge on any atom is -0.353 e. The number of carbonyl (C=O) groups is 1. The molecule has 1 fully saturated rings. The molecule has 1 amide bonds. The van der Waals surface area contributed by atoms with Crippen LogP contribution in [0.3, 0.4) is 0 Å². The molecule has 0 bridgehead atoms. The summed E-state index contributed by atoms with van der Waals surface area (Å²) in [6, 6.07) is 8.15. The Kier molecular flexibility index (Phi) is 5.18. The first-order chi connectivity index (χ1) is 9.54. The third-order valence-corrected chi connectivity index (χ3v) is 4.35. The van der Waals surface area contributed by atoms with Gasteiger partial charge in [0.15, 0.2) is 0 Å². The van der Waals surface area contributed by atoms with Crippen LogP contribution in [0.5, 0.6) is 0 Å². The first kappa shape index (κ1) is 15.5. The monoisotopic (exact) mass is 339 g/mol. The molecule has 2 rings (SSSR count). The van der Waals surface area contributed by atoms with Crippen LogP contribution in [0.25, 0.3) is 0 Å². The smallest absolute Gasteiger partial charge is 0.237 e. The van der Waals surface area contributed by atoms with Gasteiger partial charge in [0.25, 0.3) is 0 Å². The maximum atomic E-state index is 12.0. The third-order valence-electron chi connectivity index (χ3n) is 3.83. The van der Waals surface area contributed by atoms with E-state index in [0.29, 0.717) is 6.54 Å². The molecule has 20 heavy (non-hydrogen) atoms. The van der Waals surface area contributed by atoms with Crippen molar-refractivity contribution in [2.45, 2.75) is 38.4 Å². The van der Waals surface area contributed by atoms with Crippen molar-refractivity contribution < 1.29 is 4.79 Å². The number of hydrogen-bond acceptors (Lipinski definition) is 3. The summed E-state index contributed by atoms with van der Waals surface area (Å²) >= 11 is 3.45. The molecule has 0 saturated carbocycles. The van der Waals surface area contributed by atoms with E-state index in [-0.39, 0.29) is 24.0 Å². The van der Waals surface area contributed by atoms with E-state index in [2.05, 4.69) is 38.3 Å². The molecule has 110 valence electrons. The molecule has 4 nitrogen and oxygen atoms in total. The molecule has 5 heteroatoms. The number of hydrogen-bond donors (Lipinski definition) is 2. The lowest BCUT2D eigenvalue weighted by Crippen LogP contribution is -2.58. The molecule has 3 atom stereocenters. The second-order valence-electron chi connectivity index (χ2n) is 5.31. The molecule has 0 spiro atoms. The summed E-state index contributed by atoms with van der Waals surface area (Å²) in [5.74, 6) is 0.113. The van der Waals surface area contributed by atoms with Gasteiger partial charge in [0.05, 0.1) is 12.1 Å². The van der Waals surface area contributed by atoms with Crippen molar-refractivity contribution in [3.63, 3.8) is 0 Å². The van der Waals surface area contributed by atoms with Gasteiger partial charge in [0.2, 0.25) is 5.91 Å². The molecule has 0 radical (unpaired) electrons. The molecular formula is C15H22BrN3O. The highest BCUT2D eigenvalue weighted by Gasteiger charge is 2.35. The largest absolute Gasteiger partial charge is 0.353 e. The lowest BCUT2D eigenvalue weighted by atomic mass is 9.95. The molecular weight excluding hydrogens is 318 g/mol. The maximum absolute atomic E-state index is 12.0. The van der Waals surface area contributed by atoms with Gasteiger partial charge in [-0.25, -0.2) is 0 Å². The Bertz CT molecular complexity index is 461. The minimum absolute atomic E-state index is 0.0314. The highest BCUT2D eigenvalue weighted by atomic mass is 79.9. The average molecular weight is 340 g/mol. The van der Waals surface area contributed by atoms with E-state index in [4.69, 9.17) is 5.73 Å². The number of nitrogens with zero attached hydrogens (tertiary/aromatic N) is 1. The molecule has 1 aliphatic heterocycles. The van der Waals surface area contributed by atoms with E-state index in [1.807, 2.05) is 26.0 Å². The standard InChI is InChI=1S/C15H22BrN3O/c1-3-13-15(20)18-8-9-19(13)14(10(2)17)11-4-6-12(16)7-5-11/h4-7,10,13-14H,3,8-9,17H2,1-2H3,(H,18,20). The molecule has 1 aromatic rings. The number of nitrogens with two attached hydrogens (primary N) is 1. The second-order valence-corrected chi connectivity index (χ2v) is 6.22. The van der Waals surface area contributed by atoms with Gasteiger partial charge in [-0.1, -0.05) is 35.0 Å². The van der Waals surface area contributed by atoms with Crippen LogP contribution in [0.1, 0.15) is 31.9 Å². The minimum atomic E-state index is -0.0941. The zero-order chi connectivity index (χ0) is 14.7. The normalized spacial score (nSPS) is 23.2. The zero-order valence-corrected chi connectivity index (χ0v) is 13.6. The van der Waals surface area contributed by atoms with Crippen molar-refractivity contribution in [1.82, 2.24) is 10.2 Å². The van der Waals surface area contributed by atoms with Crippen molar-refractivity contribution in [2.24, 2.45) is 5.73 Å². The fraction of sp³-hybridized carbons (Fsp3) is 0.533. The molecule has 1 heterocycles. The van der Waals surface area contributed by atoms with Crippen molar-refractivity contribution in [1.29, 1.82) is 0 Å². The Labute approximate surface area is 128 Å². The Morgan fingerprint density at radius 2 is 2.10 bits per heavy atom. The topological polar surface area (TPSA) is 58.4 Å². The fourth-order valence-corrected chi connectivity index (χ4v) is 3.21. The van der Waals surface area contributed by atoms with Crippen molar-refractivity contribution in [2.75, 3.05) is 13.1 Å². The van der Waals surface area contributed by atoms with Crippen LogP contribution >= 0.6 is 15.9 Å². The number of piperazine rings is 1. The van der Waals surface area contributed by atoms with Gasteiger partial charge in [-0.15, -0.1) is 0 Å². The van der Waals surface area contributed by atoms with Gasteiger partial charge in [0.1, 0.15) is 0 Å². The quantitative estimate of drug-likeness (QED) is 0.882. The Morgan fingerprint density at radius 3 is 2.65 bits per heavy atom. The van der Waals surface area contributed by atoms with E-state index in [1.54, 1.807) is 0 Å². The Hall–Kier alpha value is -0.910. The van der Waals surface area contributed by atoms with Crippen LogP contribution < -0.4 is 11.1 Å². The van der Waals surface area contributed by atoms with Crippen LogP contribution in [0, 0.1) is 0 Å². The summed E-state index contributed by atoms with van der Waals surface area (Å²) in [6.45, 7) is 5.58. The van der Waals surface area contributed by atoms with Crippen molar-refractivity contribution in [3.8, 4) is 0 Å². The lowest BCUT2D eigenvalue weighted by molar-refractivity contribution is -0.130.